The van der Waals surface area contributed by atoms with Gasteiger partial charge in [0.1, 0.15) is 6.04 Å². The van der Waals surface area contributed by atoms with Crippen LogP contribution in [-0.2, 0) is 4.79 Å². The van der Waals surface area contributed by atoms with E-state index in [1.807, 2.05) is 0 Å². The Bertz CT molecular complexity index is 118. The quantitative estimate of drug-likeness (QED) is 0.616. The van der Waals surface area contributed by atoms with Crippen molar-refractivity contribution in [1.82, 2.24) is 0 Å². The summed E-state index contributed by atoms with van der Waals surface area (Å²) in [7, 11) is 0. The summed E-state index contributed by atoms with van der Waals surface area (Å²) in [6, 6.07) is -1.16. The molecule has 0 spiro atoms. The monoisotopic (exact) mass is 153 g/mol. The number of hydrogen-bond donors (Lipinski definition) is 2. The van der Waals surface area contributed by atoms with E-state index in [1.165, 1.54) is 0 Å². The molecule has 0 unspecified atom stereocenters. The predicted molar refractivity (Wildman–Crippen MR) is 30.8 cm³/mol. The van der Waals surface area contributed by atoms with Crippen molar-refractivity contribution in [2.45, 2.75) is 25.3 Å². The summed E-state index contributed by atoms with van der Waals surface area (Å²) in [5.74, 6) is -1.24. The predicted octanol–water partition coefficient (Wildman–Crippen LogP) is 0.444. The number of carbonyl (C=O) groups is 1. The zero-order valence-electron chi connectivity index (χ0n) is 5.26. The number of hydrogen-bond acceptors (Lipinski definition) is 2. The van der Waals surface area contributed by atoms with Crippen LogP contribution in [0.1, 0.15) is 12.8 Å². The molecule has 0 saturated carbocycles. The summed E-state index contributed by atoms with van der Waals surface area (Å²) < 4.78 is 22.8. The Morgan fingerprint density at radius 3 is 2.30 bits per heavy atom. The first kappa shape index (κ1) is 9.29. The van der Waals surface area contributed by atoms with Gasteiger partial charge in [-0.2, -0.15) is 0 Å². The van der Waals surface area contributed by atoms with Crippen molar-refractivity contribution in [3.05, 3.63) is 0 Å². The molecule has 0 aliphatic heterocycles. The van der Waals surface area contributed by atoms with Gasteiger partial charge in [0, 0.05) is 6.42 Å². The molecule has 0 radical (unpaired) electrons. The Morgan fingerprint density at radius 2 is 2.00 bits per heavy atom. The fraction of sp³-hybridized carbons (Fsp3) is 0.800. The van der Waals surface area contributed by atoms with Crippen LogP contribution in [0.2, 0.25) is 0 Å². The Balaban J connectivity index is 3.40. The molecule has 60 valence electrons. The topological polar surface area (TPSA) is 63.3 Å². The van der Waals surface area contributed by atoms with Crippen molar-refractivity contribution < 1.29 is 18.7 Å². The fourth-order valence-corrected chi connectivity index (χ4v) is 0.429. The second-order valence-corrected chi connectivity index (χ2v) is 1.91. The highest BCUT2D eigenvalue weighted by Gasteiger charge is 2.13. The van der Waals surface area contributed by atoms with Crippen molar-refractivity contribution >= 4 is 5.97 Å². The van der Waals surface area contributed by atoms with E-state index in [-0.39, 0.29) is 6.42 Å². The molecule has 0 aliphatic carbocycles. The molecular formula is C5H9F2NO2. The SMILES string of the molecule is N[C@@H](CCC(F)F)C(=O)O. The summed E-state index contributed by atoms with van der Waals surface area (Å²) in [6.45, 7) is 0. The Labute approximate surface area is 56.8 Å². The molecule has 3 N–H and O–H groups in total. The molecule has 0 aliphatic rings. The third-order valence-electron chi connectivity index (χ3n) is 1.01. The van der Waals surface area contributed by atoms with E-state index in [0.29, 0.717) is 0 Å². The maximum absolute atomic E-state index is 11.4. The van der Waals surface area contributed by atoms with Gasteiger partial charge in [0.05, 0.1) is 0 Å². The molecule has 0 heterocycles. The van der Waals surface area contributed by atoms with Crippen LogP contribution in [0.25, 0.3) is 0 Å². The fourth-order valence-electron chi connectivity index (χ4n) is 0.429. The van der Waals surface area contributed by atoms with Gasteiger partial charge in [-0.25, -0.2) is 8.78 Å². The number of carboxylic acids is 1. The Morgan fingerprint density at radius 1 is 1.50 bits per heavy atom. The van der Waals surface area contributed by atoms with Gasteiger partial charge in [-0.1, -0.05) is 0 Å². The smallest absolute Gasteiger partial charge is 0.320 e. The number of carboxylic acid groups (broad SMARTS) is 1. The van der Waals surface area contributed by atoms with Gasteiger partial charge >= 0.3 is 5.97 Å². The van der Waals surface area contributed by atoms with E-state index in [9.17, 15) is 13.6 Å². The van der Waals surface area contributed by atoms with E-state index >= 15 is 0 Å². The van der Waals surface area contributed by atoms with E-state index in [0.717, 1.165) is 0 Å². The van der Waals surface area contributed by atoms with Crippen LogP contribution < -0.4 is 5.73 Å². The standard InChI is InChI=1S/C5H9F2NO2/c6-4(7)2-1-3(8)5(9)10/h3-4H,1-2,8H2,(H,9,10)/t3-/m0/s1. The highest BCUT2D eigenvalue weighted by atomic mass is 19.3. The van der Waals surface area contributed by atoms with Crippen LogP contribution in [0, 0.1) is 0 Å². The summed E-state index contributed by atoms with van der Waals surface area (Å²) in [5, 5.41) is 8.12. The van der Waals surface area contributed by atoms with Gasteiger partial charge in [-0.3, -0.25) is 4.79 Å². The maximum atomic E-state index is 11.4. The molecular weight excluding hydrogens is 144 g/mol. The summed E-state index contributed by atoms with van der Waals surface area (Å²) in [5.41, 5.74) is 4.93. The average molecular weight is 153 g/mol. The van der Waals surface area contributed by atoms with Crippen LogP contribution in [0.3, 0.4) is 0 Å². The van der Waals surface area contributed by atoms with Gasteiger partial charge in [0.25, 0.3) is 0 Å². The molecule has 0 bridgehead atoms. The largest absolute Gasteiger partial charge is 0.480 e. The third-order valence-corrected chi connectivity index (χ3v) is 1.01. The molecule has 3 nitrogen and oxygen atoms in total. The summed E-state index contributed by atoms with van der Waals surface area (Å²) in [6.07, 6.45) is -3.09. The molecule has 1 atom stereocenters. The minimum Gasteiger partial charge on any atom is -0.480 e. The lowest BCUT2D eigenvalue weighted by molar-refractivity contribution is -0.138. The molecule has 0 amide bonds. The first-order valence-electron chi connectivity index (χ1n) is 2.80. The number of aliphatic carboxylic acids is 1. The molecule has 10 heavy (non-hydrogen) atoms. The van der Waals surface area contributed by atoms with Crippen LogP contribution in [-0.4, -0.2) is 23.5 Å². The van der Waals surface area contributed by atoms with Crippen molar-refractivity contribution in [2.24, 2.45) is 5.73 Å². The lowest BCUT2D eigenvalue weighted by Gasteiger charge is -2.03. The molecule has 0 fully saturated rings. The second-order valence-electron chi connectivity index (χ2n) is 1.91. The lowest BCUT2D eigenvalue weighted by atomic mass is 10.2. The zero-order chi connectivity index (χ0) is 8.15. The highest BCUT2D eigenvalue weighted by molar-refractivity contribution is 5.72. The third kappa shape index (κ3) is 4.20. The maximum Gasteiger partial charge on any atom is 0.320 e. The highest BCUT2D eigenvalue weighted by Crippen LogP contribution is 2.04. The summed E-state index contributed by atoms with van der Waals surface area (Å²) in [4.78, 5) is 9.94. The van der Waals surface area contributed by atoms with Gasteiger partial charge in [-0.05, 0) is 6.42 Å². The first-order valence-corrected chi connectivity index (χ1v) is 2.80. The van der Waals surface area contributed by atoms with Gasteiger partial charge in [-0.15, -0.1) is 0 Å². The molecule has 0 aromatic rings. The van der Waals surface area contributed by atoms with E-state index < -0.39 is 24.9 Å². The Kier molecular flexibility index (Phi) is 3.87. The van der Waals surface area contributed by atoms with Crippen LogP contribution >= 0.6 is 0 Å². The van der Waals surface area contributed by atoms with Crippen molar-refractivity contribution in [1.29, 1.82) is 0 Å². The average Bonchev–Trinajstić information content (AvgIpc) is 1.82. The second kappa shape index (κ2) is 4.16. The molecule has 0 aromatic carbocycles. The van der Waals surface area contributed by atoms with Crippen molar-refractivity contribution in [3.8, 4) is 0 Å². The van der Waals surface area contributed by atoms with Crippen LogP contribution in [0.4, 0.5) is 8.78 Å². The number of alkyl halides is 2. The van der Waals surface area contributed by atoms with Crippen molar-refractivity contribution in [3.63, 3.8) is 0 Å². The number of rotatable bonds is 4. The molecule has 0 saturated heterocycles. The summed E-state index contributed by atoms with van der Waals surface area (Å²) >= 11 is 0. The first-order chi connectivity index (χ1) is 4.54. The Hall–Kier alpha value is -0.710. The van der Waals surface area contributed by atoms with Crippen LogP contribution in [0.15, 0.2) is 0 Å². The molecule has 0 aromatic heterocycles. The van der Waals surface area contributed by atoms with E-state index in [1.54, 1.807) is 0 Å². The minimum absolute atomic E-state index is 0.174. The number of nitrogens with two attached hydrogens (primary N) is 1. The van der Waals surface area contributed by atoms with Gasteiger partial charge in [0.15, 0.2) is 0 Å². The van der Waals surface area contributed by atoms with Gasteiger partial charge in [0.2, 0.25) is 6.43 Å². The van der Waals surface area contributed by atoms with E-state index in [4.69, 9.17) is 10.8 Å². The van der Waals surface area contributed by atoms with Crippen LogP contribution in [0.5, 0.6) is 0 Å². The molecule has 0 rings (SSSR count). The molecule has 5 heteroatoms. The van der Waals surface area contributed by atoms with E-state index in [2.05, 4.69) is 0 Å². The lowest BCUT2D eigenvalue weighted by Crippen LogP contribution is -2.30. The number of halogens is 2. The zero-order valence-corrected chi connectivity index (χ0v) is 5.26. The normalized spacial score (nSPS) is 13.6. The van der Waals surface area contributed by atoms with Gasteiger partial charge < -0.3 is 10.8 Å². The minimum atomic E-state index is -2.47. The van der Waals surface area contributed by atoms with Crippen molar-refractivity contribution in [2.75, 3.05) is 0 Å².